The number of nitrogens with one attached hydrogen (secondary N) is 1. The third-order valence-corrected chi connectivity index (χ3v) is 3.51. The average molecular weight is 341 g/mol. The summed E-state index contributed by atoms with van der Waals surface area (Å²) in [5.41, 5.74) is 1.71. The highest BCUT2D eigenvalue weighted by Gasteiger charge is 2.05. The molecule has 5 nitrogen and oxygen atoms in total. The number of Topliss-reactive ketones (excluding diaryl/α,β-unsaturated/α-hetero) is 1. The molecular weight excluding hydrogens is 318 g/mol. The average Bonchev–Trinajstić information content (AvgIpc) is 2.60. The van der Waals surface area contributed by atoms with Crippen molar-refractivity contribution in [2.24, 2.45) is 0 Å². The van der Waals surface area contributed by atoms with E-state index in [1.165, 1.54) is 6.92 Å². The van der Waals surface area contributed by atoms with Crippen LogP contribution in [0.4, 0.5) is 0 Å². The zero-order valence-electron chi connectivity index (χ0n) is 14.6. The van der Waals surface area contributed by atoms with Gasteiger partial charge >= 0.3 is 0 Å². The first-order valence-corrected chi connectivity index (χ1v) is 8.24. The van der Waals surface area contributed by atoms with E-state index in [1.54, 1.807) is 24.3 Å². The number of carbonyl (C=O) groups excluding carboxylic acids is 2. The van der Waals surface area contributed by atoms with Gasteiger partial charge in [0.2, 0.25) is 0 Å². The van der Waals surface area contributed by atoms with Gasteiger partial charge in [0.05, 0.1) is 6.61 Å². The lowest BCUT2D eigenvalue weighted by Gasteiger charge is -2.09. The molecule has 0 saturated carbocycles. The summed E-state index contributed by atoms with van der Waals surface area (Å²) in [4.78, 5) is 23.1. The van der Waals surface area contributed by atoms with Gasteiger partial charge in [0, 0.05) is 12.1 Å². The molecule has 0 heterocycles. The minimum absolute atomic E-state index is 0.0384. The normalized spacial score (nSPS) is 10.2. The molecular formula is C20H23NO4. The summed E-state index contributed by atoms with van der Waals surface area (Å²) in [6.45, 7) is 4.47. The Hall–Kier alpha value is -2.82. The summed E-state index contributed by atoms with van der Waals surface area (Å²) in [5.74, 6) is 1.10. The lowest BCUT2D eigenvalue weighted by molar-refractivity contribution is -0.123. The molecule has 0 aliphatic carbocycles. The highest BCUT2D eigenvalue weighted by Crippen LogP contribution is 2.14. The number of aryl methyl sites for hydroxylation is 1. The van der Waals surface area contributed by atoms with Gasteiger partial charge in [-0.2, -0.15) is 0 Å². The first kappa shape index (κ1) is 18.5. The van der Waals surface area contributed by atoms with Crippen LogP contribution in [0.1, 0.15) is 29.3 Å². The van der Waals surface area contributed by atoms with Gasteiger partial charge in [0.1, 0.15) is 11.5 Å². The van der Waals surface area contributed by atoms with Crippen molar-refractivity contribution in [3.63, 3.8) is 0 Å². The Morgan fingerprint density at radius 2 is 1.72 bits per heavy atom. The van der Waals surface area contributed by atoms with Gasteiger partial charge in [0.15, 0.2) is 12.4 Å². The van der Waals surface area contributed by atoms with E-state index in [2.05, 4.69) is 5.32 Å². The lowest BCUT2D eigenvalue weighted by atomic mass is 10.1. The molecule has 0 aromatic heterocycles. The van der Waals surface area contributed by atoms with Crippen LogP contribution in [0.3, 0.4) is 0 Å². The Kier molecular flexibility index (Phi) is 7.01. The second kappa shape index (κ2) is 9.47. The van der Waals surface area contributed by atoms with Gasteiger partial charge in [-0.1, -0.05) is 24.3 Å². The standard InChI is InChI=1S/C20H23NO4/c1-15-6-3-8-18(12-15)24-11-5-10-21-20(23)14-25-19-9-4-7-17(13-19)16(2)22/h3-4,6-9,12-13H,5,10-11,14H2,1-2H3,(H,21,23). The Morgan fingerprint density at radius 1 is 1.00 bits per heavy atom. The lowest BCUT2D eigenvalue weighted by Crippen LogP contribution is -2.30. The van der Waals surface area contributed by atoms with Crippen LogP contribution in [0.15, 0.2) is 48.5 Å². The largest absolute Gasteiger partial charge is 0.494 e. The second-order valence-electron chi connectivity index (χ2n) is 5.74. The highest BCUT2D eigenvalue weighted by molar-refractivity contribution is 5.94. The van der Waals surface area contributed by atoms with Gasteiger partial charge < -0.3 is 14.8 Å². The summed E-state index contributed by atoms with van der Waals surface area (Å²) in [7, 11) is 0. The number of ketones is 1. The number of carbonyl (C=O) groups is 2. The van der Waals surface area contributed by atoms with Gasteiger partial charge in [-0.25, -0.2) is 0 Å². The Morgan fingerprint density at radius 3 is 2.44 bits per heavy atom. The Labute approximate surface area is 148 Å². The summed E-state index contributed by atoms with van der Waals surface area (Å²) in [5, 5.41) is 2.78. The molecule has 0 bridgehead atoms. The van der Waals surface area contributed by atoms with Crippen molar-refractivity contribution in [2.75, 3.05) is 19.8 Å². The van der Waals surface area contributed by atoms with E-state index in [1.807, 2.05) is 31.2 Å². The third kappa shape index (κ3) is 6.67. The molecule has 0 radical (unpaired) electrons. The van der Waals surface area contributed by atoms with E-state index in [0.717, 1.165) is 11.3 Å². The van der Waals surface area contributed by atoms with Crippen LogP contribution >= 0.6 is 0 Å². The molecule has 0 spiro atoms. The second-order valence-corrected chi connectivity index (χ2v) is 5.74. The van der Waals surface area contributed by atoms with Gasteiger partial charge in [-0.3, -0.25) is 9.59 Å². The molecule has 132 valence electrons. The first-order valence-electron chi connectivity index (χ1n) is 8.24. The number of benzene rings is 2. The summed E-state index contributed by atoms with van der Waals surface area (Å²) in [6, 6.07) is 14.6. The van der Waals surface area contributed by atoms with Crippen molar-refractivity contribution in [2.45, 2.75) is 20.3 Å². The number of hydrogen-bond donors (Lipinski definition) is 1. The van der Waals surface area contributed by atoms with Crippen LogP contribution in [0.25, 0.3) is 0 Å². The zero-order valence-corrected chi connectivity index (χ0v) is 14.6. The summed E-state index contributed by atoms with van der Waals surface area (Å²) >= 11 is 0. The molecule has 1 N–H and O–H groups in total. The zero-order chi connectivity index (χ0) is 18.1. The molecule has 0 fully saturated rings. The van der Waals surface area contributed by atoms with Crippen molar-refractivity contribution in [3.8, 4) is 11.5 Å². The van der Waals surface area contributed by atoms with Crippen molar-refractivity contribution >= 4 is 11.7 Å². The molecule has 0 unspecified atom stereocenters. The Bertz CT molecular complexity index is 727. The summed E-state index contributed by atoms with van der Waals surface area (Å²) < 4.78 is 11.0. The number of ether oxygens (including phenoxy) is 2. The fraction of sp³-hybridized carbons (Fsp3) is 0.300. The van der Waals surface area contributed by atoms with Crippen molar-refractivity contribution in [1.29, 1.82) is 0 Å². The van der Waals surface area contributed by atoms with E-state index in [-0.39, 0.29) is 18.3 Å². The topological polar surface area (TPSA) is 64.6 Å². The number of amides is 1. The molecule has 25 heavy (non-hydrogen) atoms. The molecule has 0 aliphatic rings. The number of rotatable bonds is 9. The molecule has 0 saturated heterocycles. The fourth-order valence-electron chi connectivity index (χ4n) is 2.20. The molecule has 2 aromatic rings. The molecule has 1 amide bonds. The van der Waals surface area contributed by atoms with Crippen LogP contribution in [0.5, 0.6) is 11.5 Å². The van der Waals surface area contributed by atoms with Crippen LogP contribution < -0.4 is 14.8 Å². The van der Waals surface area contributed by atoms with E-state index in [9.17, 15) is 9.59 Å². The predicted molar refractivity (Wildman–Crippen MR) is 96.2 cm³/mol. The maximum atomic E-state index is 11.8. The molecule has 0 atom stereocenters. The van der Waals surface area contributed by atoms with Crippen LogP contribution in [0, 0.1) is 6.92 Å². The Balaban J connectivity index is 1.62. The minimum Gasteiger partial charge on any atom is -0.494 e. The van der Waals surface area contributed by atoms with Crippen LogP contribution in [-0.2, 0) is 4.79 Å². The molecule has 2 rings (SSSR count). The molecule has 0 aliphatic heterocycles. The quantitative estimate of drug-likeness (QED) is 0.562. The number of hydrogen-bond acceptors (Lipinski definition) is 4. The summed E-state index contributed by atoms with van der Waals surface area (Å²) in [6.07, 6.45) is 0.708. The van der Waals surface area contributed by atoms with Crippen molar-refractivity contribution in [3.05, 3.63) is 59.7 Å². The van der Waals surface area contributed by atoms with Crippen molar-refractivity contribution < 1.29 is 19.1 Å². The van der Waals surface area contributed by atoms with Gasteiger partial charge in [0.25, 0.3) is 5.91 Å². The monoisotopic (exact) mass is 341 g/mol. The fourth-order valence-corrected chi connectivity index (χ4v) is 2.20. The maximum absolute atomic E-state index is 11.8. The van der Waals surface area contributed by atoms with Crippen molar-refractivity contribution in [1.82, 2.24) is 5.32 Å². The minimum atomic E-state index is -0.205. The molecule has 5 heteroatoms. The third-order valence-electron chi connectivity index (χ3n) is 3.51. The van der Waals surface area contributed by atoms with Gasteiger partial charge in [-0.05, 0) is 50.1 Å². The smallest absolute Gasteiger partial charge is 0.257 e. The van der Waals surface area contributed by atoms with Crippen LogP contribution in [0.2, 0.25) is 0 Å². The van der Waals surface area contributed by atoms with E-state index >= 15 is 0 Å². The van der Waals surface area contributed by atoms with Crippen LogP contribution in [-0.4, -0.2) is 31.4 Å². The SMILES string of the molecule is CC(=O)c1cccc(OCC(=O)NCCCOc2cccc(C)c2)c1. The van der Waals surface area contributed by atoms with Gasteiger partial charge in [-0.15, -0.1) is 0 Å². The molecule has 2 aromatic carbocycles. The first-order chi connectivity index (χ1) is 12.0. The van der Waals surface area contributed by atoms with E-state index in [0.29, 0.717) is 30.9 Å². The van der Waals surface area contributed by atoms with E-state index < -0.39 is 0 Å². The maximum Gasteiger partial charge on any atom is 0.257 e. The van der Waals surface area contributed by atoms with E-state index in [4.69, 9.17) is 9.47 Å². The highest BCUT2D eigenvalue weighted by atomic mass is 16.5. The predicted octanol–water partition coefficient (Wildman–Crippen LogP) is 3.16.